The molecular formula is C10H12F2O. The number of hydrogen-bond acceptors (Lipinski definition) is 1. The Hall–Kier alpha value is -0.960. The van der Waals surface area contributed by atoms with Gasteiger partial charge < -0.3 is 4.74 Å². The monoisotopic (exact) mass is 186 g/mol. The van der Waals surface area contributed by atoms with E-state index in [2.05, 4.69) is 4.74 Å². The van der Waals surface area contributed by atoms with E-state index in [4.69, 9.17) is 0 Å². The lowest BCUT2D eigenvalue weighted by Gasteiger charge is -2.13. The standard InChI is InChI=1S/C10H12F2O/c1-3-8-4-6-9(7-5-8)10(11,12)13-2/h4-7H,3H2,1-2H3. The van der Waals surface area contributed by atoms with E-state index >= 15 is 0 Å². The van der Waals surface area contributed by atoms with E-state index in [1.54, 1.807) is 12.1 Å². The molecule has 0 radical (unpaired) electrons. The number of ether oxygens (including phenoxy) is 1. The summed E-state index contributed by atoms with van der Waals surface area (Å²) in [5.74, 6) is 0. The lowest BCUT2D eigenvalue weighted by atomic mass is 10.1. The van der Waals surface area contributed by atoms with Crippen LogP contribution in [0.25, 0.3) is 0 Å². The van der Waals surface area contributed by atoms with Crippen LogP contribution in [0.2, 0.25) is 0 Å². The van der Waals surface area contributed by atoms with Crippen molar-refractivity contribution in [1.29, 1.82) is 0 Å². The maximum atomic E-state index is 12.9. The third-order valence-corrected chi connectivity index (χ3v) is 1.95. The van der Waals surface area contributed by atoms with E-state index in [0.29, 0.717) is 0 Å². The molecule has 0 saturated carbocycles. The summed E-state index contributed by atoms with van der Waals surface area (Å²) in [5, 5.41) is 0. The highest BCUT2D eigenvalue weighted by Gasteiger charge is 2.30. The summed E-state index contributed by atoms with van der Waals surface area (Å²) < 4.78 is 29.9. The molecule has 0 unspecified atom stereocenters. The van der Waals surface area contributed by atoms with Gasteiger partial charge in [-0.15, -0.1) is 0 Å². The second kappa shape index (κ2) is 3.83. The van der Waals surface area contributed by atoms with Crippen molar-refractivity contribution < 1.29 is 13.5 Å². The van der Waals surface area contributed by atoms with Gasteiger partial charge in [-0.3, -0.25) is 0 Å². The van der Waals surface area contributed by atoms with Crippen molar-refractivity contribution in [2.45, 2.75) is 19.5 Å². The highest BCUT2D eigenvalue weighted by atomic mass is 19.3. The maximum Gasteiger partial charge on any atom is 0.383 e. The number of rotatable bonds is 3. The van der Waals surface area contributed by atoms with Crippen LogP contribution in [0.3, 0.4) is 0 Å². The van der Waals surface area contributed by atoms with Crippen LogP contribution in [0, 0.1) is 0 Å². The summed E-state index contributed by atoms with van der Waals surface area (Å²) in [5.41, 5.74) is 0.933. The Bertz CT molecular complexity index is 267. The van der Waals surface area contributed by atoms with Crippen molar-refractivity contribution in [1.82, 2.24) is 0 Å². The van der Waals surface area contributed by atoms with Gasteiger partial charge in [0.1, 0.15) is 0 Å². The molecule has 0 heterocycles. The topological polar surface area (TPSA) is 9.23 Å². The number of alkyl halides is 2. The third kappa shape index (κ3) is 2.25. The second-order valence-electron chi connectivity index (χ2n) is 2.77. The molecule has 1 aromatic rings. The highest BCUT2D eigenvalue weighted by Crippen LogP contribution is 2.28. The van der Waals surface area contributed by atoms with Gasteiger partial charge in [-0.1, -0.05) is 31.2 Å². The van der Waals surface area contributed by atoms with Gasteiger partial charge in [0.25, 0.3) is 0 Å². The number of hydrogen-bond donors (Lipinski definition) is 0. The Morgan fingerprint density at radius 3 is 2.15 bits per heavy atom. The van der Waals surface area contributed by atoms with E-state index in [-0.39, 0.29) is 5.56 Å². The Morgan fingerprint density at radius 2 is 1.77 bits per heavy atom. The summed E-state index contributed by atoms with van der Waals surface area (Å²) >= 11 is 0. The third-order valence-electron chi connectivity index (χ3n) is 1.95. The first-order chi connectivity index (χ1) is 6.10. The molecule has 0 N–H and O–H groups in total. The van der Waals surface area contributed by atoms with Crippen LogP contribution in [0.4, 0.5) is 8.78 Å². The van der Waals surface area contributed by atoms with Crippen LogP contribution in [-0.2, 0) is 17.3 Å². The smallest absolute Gasteiger partial charge is 0.320 e. The first-order valence-electron chi connectivity index (χ1n) is 4.12. The molecular weight excluding hydrogens is 174 g/mol. The minimum absolute atomic E-state index is 0.104. The van der Waals surface area contributed by atoms with E-state index < -0.39 is 6.11 Å². The molecule has 0 bridgehead atoms. The van der Waals surface area contributed by atoms with Crippen molar-refractivity contribution in [2.24, 2.45) is 0 Å². The first kappa shape index (κ1) is 10.1. The quantitative estimate of drug-likeness (QED) is 0.705. The minimum atomic E-state index is -3.17. The SMILES string of the molecule is CCc1ccc(C(F)(F)OC)cc1. The molecule has 0 saturated heterocycles. The molecule has 0 aliphatic carbocycles. The van der Waals surface area contributed by atoms with Crippen LogP contribution < -0.4 is 0 Å². The summed E-state index contributed by atoms with van der Waals surface area (Å²) in [6, 6.07) is 6.15. The predicted octanol–water partition coefficient (Wildman–Crippen LogP) is 2.94. The Morgan fingerprint density at radius 1 is 1.23 bits per heavy atom. The fourth-order valence-corrected chi connectivity index (χ4v) is 1.05. The fraction of sp³-hybridized carbons (Fsp3) is 0.400. The van der Waals surface area contributed by atoms with Gasteiger partial charge in [0.2, 0.25) is 0 Å². The molecule has 0 aromatic heterocycles. The van der Waals surface area contributed by atoms with Gasteiger partial charge in [-0.2, -0.15) is 8.78 Å². The Kier molecular flexibility index (Phi) is 2.98. The van der Waals surface area contributed by atoms with Crippen LogP contribution >= 0.6 is 0 Å². The van der Waals surface area contributed by atoms with E-state index in [1.165, 1.54) is 12.1 Å². The van der Waals surface area contributed by atoms with Gasteiger partial charge in [0.15, 0.2) is 0 Å². The van der Waals surface area contributed by atoms with Crippen LogP contribution in [-0.4, -0.2) is 7.11 Å². The van der Waals surface area contributed by atoms with Crippen molar-refractivity contribution in [2.75, 3.05) is 7.11 Å². The molecule has 72 valence electrons. The minimum Gasteiger partial charge on any atom is -0.320 e. The Balaban J connectivity index is 2.92. The number of halogens is 2. The van der Waals surface area contributed by atoms with Gasteiger partial charge in [-0.05, 0) is 12.0 Å². The van der Waals surface area contributed by atoms with Gasteiger partial charge >= 0.3 is 6.11 Å². The largest absolute Gasteiger partial charge is 0.383 e. The summed E-state index contributed by atoms with van der Waals surface area (Å²) in [7, 11) is 0.994. The summed E-state index contributed by atoms with van der Waals surface area (Å²) in [6.07, 6.45) is -2.33. The van der Waals surface area contributed by atoms with Gasteiger partial charge in [-0.25, -0.2) is 0 Å². The molecule has 1 nitrogen and oxygen atoms in total. The van der Waals surface area contributed by atoms with E-state index in [0.717, 1.165) is 19.1 Å². The predicted molar refractivity (Wildman–Crippen MR) is 46.7 cm³/mol. The summed E-state index contributed by atoms with van der Waals surface area (Å²) in [6.45, 7) is 1.98. The number of benzene rings is 1. The zero-order valence-corrected chi connectivity index (χ0v) is 7.68. The molecule has 3 heteroatoms. The summed E-state index contributed by atoms with van der Waals surface area (Å²) in [4.78, 5) is 0. The van der Waals surface area contributed by atoms with Crippen LogP contribution in [0.5, 0.6) is 0 Å². The van der Waals surface area contributed by atoms with Crippen molar-refractivity contribution in [3.63, 3.8) is 0 Å². The van der Waals surface area contributed by atoms with Crippen molar-refractivity contribution >= 4 is 0 Å². The lowest BCUT2D eigenvalue weighted by Crippen LogP contribution is -2.15. The lowest BCUT2D eigenvalue weighted by molar-refractivity contribution is -0.231. The second-order valence-corrected chi connectivity index (χ2v) is 2.77. The molecule has 1 rings (SSSR count). The average molecular weight is 186 g/mol. The van der Waals surface area contributed by atoms with Crippen LogP contribution in [0.1, 0.15) is 18.1 Å². The molecule has 0 atom stereocenters. The Labute approximate surface area is 76.3 Å². The highest BCUT2D eigenvalue weighted by molar-refractivity contribution is 5.24. The van der Waals surface area contributed by atoms with Crippen molar-refractivity contribution in [3.05, 3.63) is 35.4 Å². The van der Waals surface area contributed by atoms with E-state index in [9.17, 15) is 8.78 Å². The van der Waals surface area contributed by atoms with Gasteiger partial charge in [0, 0.05) is 7.11 Å². The molecule has 0 amide bonds. The van der Waals surface area contributed by atoms with Crippen LogP contribution in [0.15, 0.2) is 24.3 Å². The zero-order chi connectivity index (χ0) is 9.90. The molecule has 13 heavy (non-hydrogen) atoms. The average Bonchev–Trinajstić information content (AvgIpc) is 2.18. The molecule has 0 aliphatic heterocycles. The molecule has 1 aromatic carbocycles. The molecule has 0 spiro atoms. The first-order valence-corrected chi connectivity index (χ1v) is 4.12. The number of aryl methyl sites for hydroxylation is 1. The molecule has 0 aliphatic rings. The van der Waals surface area contributed by atoms with Gasteiger partial charge in [0.05, 0.1) is 5.56 Å². The zero-order valence-electron chi connectivity index (χ0n) is 7.68. The van der Waals surface area contributed by atoms with Crippen molar-refractivity contribution in [3.8, 4) is 0 Å². The van der Waals surface area contributed by atoms with E-state index in [1.807, 2.05) is 6.92 Å². The number of methoxy groups -OCH3 is 1. The normalized spacial score (nSPS) is 11.7. The fourth-order valence-electron chi connectivity index (χ4n) is 1.05. The molecule has 0 fully saturated rings. The maximum absolute atomic E-state index is 12.9.